The lowest BCUT2D eigenvalue weighted by molar-refractivity contribution is 0.104. The molecule has 4 nitrogen and oxygen atoms in total. The number of carbonyl (C=O) groups excluding carboxylic acids is 1. The summed E-state index contributed by atoms with van der Waals surface area (Å²) in [5.41, 5.74) is 3.57. The van der Waals surface area contributed by atoms with Crippen LogP contribution in [0.25, 0.3) is 5.76 Å². The number of aliphatic hydroxyl groups excluding tert-OH is 2. The standard InChI is InChI=1S/C22H19NO3/c24-15-18-9-10-23-20(13-18)22(26)14-21(25)19-8-4-7-17(12-19)11-16-5-2-1-3-6-16/h1-10,12-14,24-25H,11,15H2/b21-14-. The van der Waals surface area contributed by atoms with Crippen LogP contribution in [-0.4, -0.2) is 21.0 Å². The van der Waals surface area contributed by atoms with Gasteiger partial charge in [0.1, 0.15) is 11.5 Å². The second kappa shape index (κ2) is 8.23. The summed E-state index contributed by atoms with van der Waals surface area (Å²) in [5, 5.41) is 19.5. The molecular weight excluding hydrogens is 326 g/mol. The van der Waals surface area contributed by atoms with E-state index in [1.807, 2.05) is 48.5 Å². The van der Waals surface area contributed by atoms with Crippen molar-refractivity contribution in [1.82, 2.24) is 4.98 Å². The quantitative estimate of drug-likeness (QED) is 0.403. The number of carbonyl (C=O) groups is 1. The maximum atomic E-state index is 12.3. The van der Waals surface area contributed by atoms with Crippen molar-refractivity contribution in [2.45, 2.75) is 13.0 Å². The average Bonchev–Trinajstić information content (AvgIpc) is 2.69. The highest BCUT2D eigenvalue weighted by molar-refractivity contribution is 6.06. The zero-order valence-electron chi connectivity index (χ0n) is 14.2. The summed E-state index contributed by atoms with van der Waals surface area (Å²) < 4.78 is 0. The zero-order chi connectivity index (χ0) is 18.4. The van der Waals surface area contributed by atoms with Crippen LogP contribution in [0.15, 0.2) is 79.0 Å². The molecule has 1 heterocycles. The third-order valence-corrected chi connectivity index (χ3v) is 4.00. The molecule has 0 atom stereocenters. The van der Waals surface area contributed by atoms with Gasteiger partial charge in [0.15, 0.2) is 0 Å². The number of pyridine rings is 1. The van der Waals surface area contributed by atoms with Crippen molar-refractivity contribution in [3.05, 3.63) is 107 Å². The number of allylic oxidation sites excluding steroid dienone is 1. The van der Waals surface area contributed by atoms with Crippen LogP contribution in [-0.2, 0) is 13.0 Å². The molecule has 0 fully saturated rings. The van der Waals surface area contributed by atoms with Gasteiger partial charge in [-0.05, 0) is 41.3 Å². The number of hydrogen-bond acceptors (Lipinski definition) is 4. The van der Waals surface area contributed by atoms with Gasteiger partial charge in [0, 0.05) is 17.8 Å². The Kier molecular flexibility index (Phi) is 5.56. The van der Waals surface area contributed by atoms with Gasteiger partial charge in [-0.1, -0.05) is 48.5 Å². The van der Waals surface area contributed by atoms with Gasteiger partial charge in [-0.3, -0.25) is 9.78 Å². The summed E-state index contributed by atoms with van der Waals surface area (Å²) in [6.07, 6.45) is 3.37. The summed E-state index contributed by atoms with van der Waals surface area (Å²) in [7, 11) is 0. The Labute approximate surface area is 152 Å². The Morgan fingerprint density at radius 2 is 1.69 bits per heavy atom. The molecule has 4 heteroatoms. The molecule has 2 N–H and O–H groups in total. The van der Waals surface area contributed by atoms with Crippen molar-refractivity contribution in [2.24, 2.45) is 0 Å². The van der Waals surface area contributed by atoms with Crippen LogP contribution in [0.5, 0.6) is 0 Å². The predicted molar refractivity (Wildman–Crippen MR) is 101 cm³/mol. The van der Waals surface area contributed by atoms with E-state index < -0.39 is 5.78 Å². The lowest BCUT2D eigenvalue weighted by atomic mass is 10.0. The maximum Gasteiger partial charge on any atom is 0.207 e. The molecule has 130 valence electrons. The van der Waals surface area contributed by atoms with Crippen molar-refractivity contribution in [3.63, 3.8) is 0 Å². The second-order valence-corrected chi connectivity index (χ2v) is 5.96. The SMILES string of the molecule is O=C(/C=C(\O)c1cccc(Cc2ccccc2)c1)c1cc(CO)ccn1. The fourth-order valence-electron chi connectivity index (χ4n) is 2.66. The van der Waals surface area contributed by atoms with E-state index in [0.29, 0.717) is 11.1 Å². The van der Waals surface area contributed by atoms with E-state index in [2.05, 4.69) is 4.98 Å². The Morgan fingerprint density at radius 1 is 0.923 bits per heavy atom. The summed E-state index contributed by atoms with van der Waals surface area (Å²) in [6.45, 7) is -0.167. The summed E-state index contributed by atoms with van der Waals surface area (Å²) in [6, 6.07) is 20.6. The Balaban J connectivity index is 1.80. The van der Waals surface area contributed by atoms with Crippen LogP contribution in [0, 0.1) is 0 Å². The molecule has 0 unspecified atom stereocenters. The molecule has 0 aliphatic heterocycles. The molecule has 0 aliphatic rings. The zero-order valence-corrected chi connectivity index (χ0v) is 14.2. The van der Waals surface area contributed by atoms with E-state index in [0.717, 1.165) is 18.1 Å². The molecule has 0 aliphatic carbocycles. The van der Waals surface area contributed by atoms with Crippen LogP contribution in [0.2, 0.25) is 0 Å². The minimum Gasteiger partial charge on any atom is -0.507 e. The van der Waals surface area contributed by atoms with E-state index in [1.54, 1.807) is 12.1 Å². The van der Waals surface area contributed by atoms with Crippen LogP contribution in [0.3, 0.4) is 0 Å². The Bertz CT molecular complexity index is 933. The Morgan fingerprint density at radius 3 is 2.46 bits per heavy atom. The number of benzene rings is 2. The molecule has 2 aromatic carbocycles. The van der Waals surface area contributed by atoms with Crippen LogP contribution in [0.4, 0.5) is 0 Å². The number of nitrogens with zero attached hydrogens (tertiary/aromatic N) is 1. The third-order valence-electron chi connectivity index (χ3n) is 4.00. The molecule has 3 rings (SSSR count). The van der Waals surface area contributed by atoms with Gasteiger partial charge in [0.25, 0.3) is 0 Å². The van der Waals surface area contributed by atoms with Gasteiger partial charge < -0.3 is 10.2 Å². The van der Waals surface area contributed by atoms with Crippen molar-refractivity contribution in [2.75, 3.05) is 0 Å². The minimum absolute atomic E-state index is 0.110. The monoisotopic (exact) mass is 345 g/mol. The summed E-state index contributed by atoms with van der Waals surface area (Å²) in [4.78, 5) is 16.3. The molecular formula is C22H19NO3. The van der Waals surface area contributed by atoms with E-state index >= 15 is 0 Å². The normalized spacial score (nSPS) is 11.3. The highest BCUT2D eigenvalue weighted by Crippen LogP contribution is 2.17. The molecule has 26 heavy (non-hydrogen) atoms. The highest BCUT2D eigenvalue weighted by atomic mass is 16.3. The lowest BCUT2D eigenvalue weighted by Crippen LogP contribution is -2.01. The maximum absolute atomic E-state index is 12.3. The van der Waals surface area contributed by atoms with Gasteiger partial charge >= 0.3 is 0 Å². The summed E-state index contributed by atoms with van der Waals surface area (Å²) in [5.74, 6) is -0.521. The number of aliphatic hydroxyl groups is 2. The molecule has 0 saturated heterocycles. The lowest BCUT2D eigenvalue weighted by Gasteiger charge is -2.06. The molecule has 0 saturated carbocycles. The molecule has 1 aromatic heterocycles. The number of aromatic nitrogens is 1. The van der Waals surface area contributed by atoms with Crippen molar-refractivity contribution >= 4 is 11.5 Å². The van der Waals surface area contributed by atoms with Crippen LogP contribution >= 0.6 is 0 Å². The predicted octanol–water partition coefficient (Wildman–Crippen LogP) is 3.95. The van der Waals surface area contributed by atoms with Gasteiger partial charge in [-0.2, -0.15) is 0 Å². The molecule has 0 spiro atoms. The van der Waals surface area contributed by atoms with Crippen molar-refractivity contribution in [3.8, 4) is 0 Å². The van der Waals surface area contributed by atoms with Crippen molar-refractivity contribution < 1.29 is 15.0 Å². The van der Waals surface area contributed by atoms with E-state index in [9.17, 15) is 9.90 Å². The molecule has 0 amide bonds. The van der Waals surface area contributed by atoms with Crippen LogP contribution < -0.4 is 0 Å². The first-order chi connectivity index (χ1) is 12.7. The smallest absolute Gasteiger partial charge is 0.207 e. The molecule has 0 radical (unpaired) electrons. The topological polar surface area (TPSA) is 70.4 Å². The largest absolute Gasteiger partial charge is 0.507 e. The van der Waals surface area contributed by atoms with Crippen LogP contribution in [0.1, 0.15) is 32.7 Å². The van der Waals surface area contributed by atoms with E-state index in [-0.39, 0.29) is 18.1 Å². The number of ketones is 1. The first kappa shape index (κ1) is 17.6. The summed E-state index contributed by atoms with van der Waals surface area (Å²) >= 11 is 0. The van der Waals surface area contributed by atoms with Gasteiger partial charge in [-0.25, -0.2) is 0 Å². The first-order valence-corrected chi connectivity index (χ1v) is 8.30. The van der Waals surface area contributed by atoms with Gasteiger partial charge in [0.05, 0.1) is 6.61 Å². The van der Waals surface area contributed by atoms with Gasteiger partial charge in [0.2, 0.25) is 5.78 Å². The number of rotatable bonds is 6. The molecule has 3 aromatic rings. The first-order valence-electron chi connectivity index (χ1n) is 8.30. The van der Waals surface area contributed by atoms with Crippen molar-refractivity contribution in [1.29, 1.82) is 0 Å². The van der Waals surface area contributed by atoms with E-state index in [4.69, 9.17) is 5.11 Å². The molecule has 0 bridgehead atoms. The highest BCUT2D eigenvalue weighted by Gasteiger charge is 2.09. The Hall–Kier alpha value is -3.24. The minimum atomic E-state index is -0.411. The van der Waals surface area contributed by atoms with Gasteiger partial charge in [-0.15, -0.1) is 0 Å². The fraction of sp³-hybridized carbons (Fsp3) is 0.0909. The van der Waals surface area contributed by atoms with E-state index in [1.165, 1.54) is 17.8 Å². The second-order valence-electron chi connectivity index (χ2n) is 5.96. The fourth-order valence-corrected chi connectivity index (χ4v) is 2.66. The third kappa shape index (κ3) is 4.43. The average molecular weight is 345 g/mol. The number of hydrogen-bond donors (Lipinski definition) is 2.